The van der Waals surface area contributed by atoms with E-state index in [0.29, 0.717) is 16.9 Å². The largest absolute Gasteiger partial charge is 0.508 e. The second-order valence-corrected chi connectivity index (χ2v) is 9.07. The topological polar surface area (TPSA) is 110 Å². The molecule has 9 heteroatoms. The molecule has 0 radical (unpaired) electrons. The molecule has 1 aromatic rings. The van der Waals surface area contributed by atoms with Crippen LogP contribution in [0.25, 0.3) is 0 Å². The van der Waals surface area contributed by atoms with Crippen LogP contribution in [0.15, 0.2) is 47.7 Å². The van der Waals surface area contributed by atoms with E-state index in [1.807, 2.05) is 13.8 Å². The molecule has 8 nitrogen and oxygen atoms in total. The molecule has 3 aliphatic heterocycles. The Balaban J connectivity index is 1.65. The predicted molar refractivity (Wildman–Crippen MR) is 111 cm³/mol. The molecule has 0 bridgehead atoms. The highest BCUT2D eigenvalue weighted by atomic mass is 32.2. The van der Waals surface area contributed by atoms with Crippen molar-refractivity contribution >= 4 is 29.5 Å². The van der Waals surface area contributed by atoms with Gasteiger partial charge in [-0.05, 0) is 44.0 Å². The number of β-lactam (4-membered cyclic amide) rings is 1. The number of fused-ring (bicyclic) bond motifs is 1. The van der Waals surface area contributed by atoms with Gasteiger partial charge in [-0.25, -0.2) is 4.79 Å². The summed E-state index contributed by atoms with van der Waals surface area (Å²) in [6.07, 6.45) is 3.46. The van der Waals surface area contributed by atoms with Crippen molar-refractivity contribution in [3.05, 3.63) is 53.3 Å². The molecule has 3 N–H and O–H groups in total. The number of carbonyl (C=O) groups excluding carboxylic acids is 2. The molecule has 2 saturated heterocycles. The number of benzene rings is 1. The lowest BCUT2D eigenvalue weighted by molar-refractivity contribution is -0.162. The van der Waals surface area contributed by atoms with Crippen molar-refractivity contribution in [3.63, 3.8) is 0 Å². The predicted octanol–water partition coefficient (Wildman–Crippen LogP) is 1.80. The van der Waals surface area contributed by atoms with Crippen LogP contribution in [0.1, 0.15) is 32.4 Å². The van der Waals surface area contributed by atoms with E-state index in [4.69, 9.17) is 0 Å². The van der Waals surface area contributed by atoms with Gasteiger partial charge >= 0.3 is 5.97 Å². The van der Waals surface area contributed by atoms with Crippen LogP contribution in [0.3, 0.4) is 0 Å². The summed E-state index contributed by atoms with van der Waals surface area (Å²) >= 11 is 1.46. The maximum atomic E-state index is 13.3. The van der Waals surface area contributed by atoms with Crippen LogP contribution in [0.5, 0.6) is 5.75 Å². The van der Waals surface area contributed by atoms with Crippen molar-refractivity contribution in [3.8, 4) is 5.75 Å². The molecule has 2 fully saturated rings. The van der Waals surface area contributed by atoms with Crippen molar-refractivity contribution in [2.45, 2.75) is 43.9 Å². The van der Waals surface area contributed by atoms with Crippen LogP contribution in [-0.2, 0) is 14.4 Å². The van der Waals surface area contributed by atoms with Crippen molar-refractivity contribution in [1.82, 2.24) is 15.1 Å². The van der Waals surface area contributed by atoms with Gasteiger partial charge in [0.1, 0.15) is 28.9 Å². The number of carbonyl (C=O) groups is 3. The summed E-state index contributed by atoms with van der Waals surface area (Å²) in [6, 6.07) is 4.98. The van der Waals surface area contributed by atoms with Gasteiger partial charge in [0.05, 0.1) is 5.66 Å². The molecule has 0 saturated carbocycles. The number of carboxylic acid groups (broad SMARTS) is 1. The van der Waals surface area contributed by atoms with Crippen molar-refractivity contribution in [2.75, 3.05) is 5.75 Å². The van der Waals surface area contributed by atoms with Gasteiger partial charge < -0.3 is 15.1 Å². The van der Waals surface area contributed by atoms with E-state index in [0.717, 1.165) is 0 Å². The molecule has 3 heterocycles. The summed E-state index contributed by atoms with van der Waals surface area (Å²) in [7, 11) is 0. The molecule has 1 aromatic carbocycles. The minimum atomic E-state index is -1.15. The number of aromatic hydroxyl groups is 1. The number of nitrogens with zero attached hydrogens (tertiary/aromatic N) is 2. The molecule has 30 heavy (non-hydrogen) atoms. The Hall–Kier alpha value is -2.78. The van der Waals surface area contributed by atoms with E-state index < -0.39 is 29.1 Å². The van der Waals surface area contributed by atoms with Gasteiger partial charge in [0.25, 0.3) is 5.91 Å². The molecule has 3 aliphatic rings. The van der Waals surface area contributed by atoms with Crippen molar-refractivity contribution < 1.29 is 24.6 Å². The Labute approximate surface area is 178 Å². The molecule has 0 spiro atoms. The Bertz CT molecular complexity index is 985. The number of allylic oxidation sites excluding steroid dienone is 2. The maximum Gasteiger partial charge on any atom is 0.352 e. The molecule has 158 valence electrons. The highest BCUT2D eigenvalue weighted by Gasteiger charge is 2.62. The van der Waals surface area contributed by atoms with E-state index >= 15 is 0 Å². The number of amides is 2. The molecule has 2 amide bonds. The standard InChI is InChI=1S/C21H23N3O5S/c1-4-5-12-10-30-19-16(18(27)23(19)15(12)20(28)29)24-17(26)14(22-21(24,2)3)11-6-8-13(25)9-7-11/h4-9,14,16,19,22,25H,10H2,1-3H3,(H,28,29)/b5-4-/t14?,16?,19-/m1/s1. The zero-order chi connectivity index (χ0) is 21.8. The van der Waals surface area contributed by atoms with Crippen molar-refractivity contribution in [1.29, 1.82) is 0 Å². The summed E-state index contributed by atoms with van der Waals surface area (Å²) < 4.78 is 0. The average molecular weight is 429 g/mol. The van der Waals surface area contributed by atoms with Crippen LogP contribution in [-0.4, -0.2) is 60.6 Å². The van der Waals surface area contributed by atoms with Gasteiger partial charge in [0, 0.05) is 5.75 Å². The first-order chi connectivity index (χ1) is 14.2. The lowest BCUT2D eigenvalue weighted by Crippen LogP contribution is -2.73. The normalized spacial score (nSPS) is 28.2. The first kappa shape index (κ1) is 20.5. The zero-order valence-electron chi connectivity index (χ0n) is 16.8. The number of hydrogen-bond acceptors (Lipinski definition) is 6. The second-order valence-electron chi connectivity index (χ2n) is 7.97. The fourth-order valence-electron chi connectivity index (χ4n) is 4.33. The first-order valence-electron chi connectivity index (χ1n) is 9.61. The summed E-state index contributed by atoms with van der Waals surface area (Å²) in [6.45, 7) is 5.45. The number of rotatable bonds is 4. The first-order valence-corrected chi connectivity index (χ1v) is 10.7. The number of thioether (sulfide) groups is 1. The maximum absolute atomic E-state index is 13.3. The summed E-state index contributed by atoms with van der Waals surface area (Å²) in [4.78, 5) is 41.1. The van der Waals surface area contributed by atoms with Gasteiger partial charge in [0.2, 0.25) is 5.91 Å². The molecular formula is C21H23N3O5S. The average Bonchev–Trinajstić information content (AvgIpc) is 2.92. The number of phenols is 1. The van der Waals surface area contributed by atoms with Gasteiger partial charge in [-0.1, -0.05) is 24.3 Å². The van der Waals surface area contributed by atoms with E-state index in [2.05, 4.69) is 5.32 Å². The number of nitrogens with one attached hydrogen (secondary N) is 1. The van der Waals surface area contributed by atoms with E-state index in [1.165, 1.54) is 28.8 Å². The van der Waals surface area contributed by atoms with Gasteiger partial charge in [-0.3, -0.25) is 19.8 Å². The second kappa shape index (κ2) is 7.17. The van der Waals surface area contributed by atoms with Crippen LogP contribution in [0, 0.1) is 0 Å². The molecule has 2 unspecified atom stereocenters. The number of hydrogen-bond donors (Lipinski definition) is 3. The highest BCUT2D eigenvalue weighted by molar-refractivity contribution is 8.00. The van der Waals surface area contributed by atoms with Crippen LogP contribution >= 0.6 is 11.8 Å². The molecular weight excluding hydrogens is 406 g/mol. The number of aliphatic carboxylic acids is 1. The van der Waals surface area contributed by atoms with Crippen LogP contribution in [0.2, 0.25) is 0 Å². The number of carboxylic acids is 1. The molecule has 0 aromatic heterocycles. The molecule has 3 atom stereocenters. The van der Waals surface area contributed by atoms with Crippen molar-refractivity contribution in [2.24, 2.45) is 0 Å². The van der Waals surface area contributed by atoms with E-state index in [1.54, 1.807) is 36.1 Å². The van der Waals surface area contributed by atoms with Gasteiger partial charge in [0.15, 0.2) is 0 Å². The smallest absolute Gasteiger partial charge is 0.352 e. The minimum absolute atomic E-state index is 0.00871. The Morgan fingerprint density at radius 2 is 1.90 bits per heavy atom. The highest BCUT2D eigenvalue weighted by Crippen LogP contribution is 2.46. The van der Waals surface area contributed by atoms with Gasteiger partial charge in [-0.2, -0.15) is 0 Å². The summed E-state index contributed by atoms with van der Waals surface area (Å²) in [5.74, 6) is -1.22. The SMILES string of the molecule is C/C=C\C1=C(C(=O)O)N2C(=O)C(N3C(=O)C(c4ccc(O)cc4)NC3(C)C)[C@H]2SC1. The van der Waals surface area contributed by atoms with Crippen LogP contribution < -0.4 is 5.32 Å². The quantitative estimate of drug-likeness (QED) is 0.626. The Morgan fingerprint density at radius 3 is 2.50 bits per heavy atom. The Kier molecular flexibility index (Phi) is 4.90. The third-order valence-electron chi connectivity index (χ3n) is 5.63. The van der Waals surface area contributed by atoms with E-state index in [9.17, 15) is 24.6 Å². The number of phenolic OH excluding ortho intramolecular Hbond substituents is 1. The zero-order valence-corrected chi connectivity index (χ0v) is 17.6. The lowest BCUT2D eigenvalue weighted by atomic mass is 9.98. The lowest BCUT2D eigenvalue weighted by Gasteiger charge is -2.54. The monoisotopic (exact) mass is 429 g/mol. The fourth-order valence-corrected chi connectivity index (χ4v) is 5.70. The summed E-state index contributed by atoms with van der Waals surface area (Å²) in [5, 5.41) is 22.0. The third kappa shape index (κ3) is 3.00. The van der Waals surface area contributed by atoms with Gasteiger partial charge in [-0.15, -0.1) is 11.8 Å². The fraction of sp³-hybridized carbons (Fsp3) is 0.381. The molecule has 4 rings (SSSR count). The van der Waals surface area contributed by atoms with E-state index in [-0.39, 0.29) is 23.3 Å². The third-order valence-corrected chi connectivity index (χ3v) is 6.92. The Morgan fingerprint density at radius 1 is 1.23 bits per heavy atom. The molecule has 0 aliphatic carbocycles. The van der Waals surface area contributed by atoms with Crippen LogP contribution in [0.4, 0.5) is 0 Å². The summed E-state index contributed by atoms with van der Waals surface area (Å²) in [5.41, 5.74) is 0.467. The minimum Gasteiger partial charge on any atom is -0.508 e.